The van der Waals surface area contributed by atoms with Crippen LogP contribution in [0.3, 0.4) is 0 Å². The lowest BCUT2D eigenvalue weighted by Gasteiger charge is -2.11. The van der Waals surface area contributed by atoms with E-state index in [2.05, 4.69) is 15.6 Å². The lowest BCUT2D eigenvalue weighted by molar-refractivity contribution is -0.385. The number of nitrogens with zero attached hydrogens (tertiary/aromatic N) is 4. The third-order valence-corrected chi connectivity index (χ3v) is 3.72. The average Bonchev–Trinajstić information content (AvgIpc) is 2.63. The standard InChI is InChI=1S/C16H18ClN5O5/c1-4-26-13-7-14(27-5-2)12(22(24)25)6-10(13)8-18-20-11-9-19-21(3)16(23)15(11)17/h6-9,20H,4-5H2,1-3H3/b18-8-. The molecule has 0 amide bonds. The quantitative estimate of drug-likeness (QED) is 0.414. The fourth-order valence-electron chi connectivity index (χ4n) is 2.12. The molecular formula is C16H18ClN5O5. The van der Waals surface area contributed by atoms with Crippen molar-refractivity contribution in [2.75, 3.05) is 18.6 Å². The van der Waals surface area contributed by atoms with Crippen molar-refractivity contribution >= 4 is 29.2 Å². The molecule has 144 valence electrons. The highest BCUT2D eigenvalue weighted by molar-refractivity contribution is 6.32. The summed E-state index contributed by atoms with van der Waals surface area (Å²) in [6, 6.07) is 2.74. The Labute approximate surface area is 159 Å². The monoisotopic (exact) mass is 395 g/mol. The minimum Gasteiger partial charge on any atom is -0.493 e. The number of ether oxygens (including phenoxy) is 2. The molecule has 27 heavy (non-hydrogen) atoms. The van der Waals surface area contributed by atoms with Crippen LogP contribution in [-0.4, -0.2) is 34.1 Å². The van der Waals surface area contributed by atoms with Crippen LogP contribution in [0.15, 0.2) is 28.2 Å². The molecule has 0 saturated carbocycles. The second-order valence-electron chi connectivity index (χ2n) is 5.15. The van der Waals surface area contributed by atoms with Crippen LogP contribution in [0.25, 0.3) is 0 Å². The van der Waals surface area contributed by atoms with Crippen LogP contribution in [0.1, 0.15) is 19.4 Å². The van der Waals surface area contributed by atoms with Gasteiger partial charge in [0.25, 0.3) is 5.56 Å². The van der Waals surface area contributed by atoms with Gasteiger partial charge in [-0.15, -0.1) is 0 Å². The van der Waals surface area contributed by atoms with Gasteiger partial charge in [0.05, 0.1) is 30.5 Å². The maximum Gasteiger partial charge on any atom is 0.311 e. The Balaban J connectivity index is 2.37. The number of nitro groups is 1. The summed E-state index contributed by atoms with van der Waals surface area (Å²) in [5.74, 6) is 0.472. The highest BCUT2D eigenvalue weighted by Crippen LogP contribution is 2.34. The number of halogens is 1. The Morgan fingerprint density at radius 3 is 2.63 bits per heavy atom. The first-order valence-corrected chi connectivity index (χ1v) is 8.35. The van der Waals surface area contributed by atoms with Crippen LogP contribution in [-0.2, 0) is 7.05 Å². The smallest absolute Gasteiger partial charge is 0.311 e. The number of nitro benzene ring substituents is 1. The summed E-state index contributed by atoms with van der Waals surface area (Å²) in [5, 5.41) is 19.0. The molecule has 1 aromatic carbocycles. The largest absolute Gasteiger partial charge is 0.493 e. The summed E-state index contributed by atoms with van der Waals surface area (Å²) in [6.07, 6.45) is 2.66. The van der Waals surface area contributed by atoms with E-state index in [4.69, 9.17) is 21.1 Å². The molecule has 0 bridgehead atoms. The van der Waals surface area contributed by atoms with Crippen molar-refractivity contribution in [3.63, 3.8) is 0 Å². The van der Waals surface area contributed by atoms with Gasteiger partial charge in [-0.25, -0.2) is 4.68 Å². The molecule has 10 nitrogen and oxygen atoms in total. The molecule has 0 aliphatic heterocycles. The molecule has 1 N–H and O–H groups in total. The molecule has 0 spiro atoms. The van der Waals surface area contributed by atoms with E-state index in [1.54, 1.807) is 13.8 Å². The van der Waals surface area contributed by atoms with Gasteiger partial charge in [-0.3, -0.25) is 20.3 Å². The lowest BCUT2D eigenvalue weighted by atomic mass is 10.1. The number of nitrogens with one attached hydrogen (secondary N) is 1. The van der Waals surface area contributed by atoms with E-state index in [9.17, 15) is 14.9 Å². The van der Waals surface area contributed by atoms with Gasteiger partial charge in [0.2, 0.25) is 5.75 Å². The van der Waals surface area contributed by atoms with Gasteiger partial charge < -0.3 is 9.47 Å². The molecule has 0 aliphatic carbocycles. The first-order valence-electron chi connectivity index (χ1n) is 7.97. The molecular weight excluding hydrogens is 378 g/mol. The normalized spacial score (nSPS) is 10.8. The topological polar surface area (TPSA) is 121 Å². The number of aromatic nitrogens is 2. The summed E-state index contributed by atoms with van der Waals surface area (Å²) in [5.41, 5.74) is 2.45. The van der Waals surface area contributed by atoms with Crippen LogP contribution in [0.4, 0.5) is 11.4 Å². The number of rotatable bonds is 8. The van der Waals surface area contributed by atoms with Crippen molar-refractivity contribution in [3.05, 3.63) is 49.4 Å². The molecule has 1 aromatic heterocycles. The summed E-state index contributed by atoms with van der Waals surface area (Å²) >= 11 is 5.94. The summed E-state index contributed by atoms with van der Waals surface area (Å²) in [4.78, 5) is 22.5. The maximum atomic E-state index is 11.7. The van der Waals surface area contributed by atoms with Crippen molar-refractivity contribution < 1.29 is 14.4 Å². The zero-order valence-corrected chi connectivity index (χ0v) is 15.7. The highest BCUT2D eigenvalue weighted by atomic mass is 35.5. The van der Waals surface area contributed by atoms with Crippen molar-refractivity contribution in [1.29, 1.82) is 0 Å². The van der Waals surface area contributed by atoms with Crippen molar-refractivity contribution in [2.24, 2.45) is 12.1 Å². The van der Waals surface area contributed by atoms with E-state index in [-0.39, 0.29) is 28.8 Å². The van der Waals surface area contributed by atoms with E-state index in [1.165, 1.54) is 31.6 Å². The third kappa shape index (κ3) is 4.73. The minimum atomic E-state index is -0.548. The number of aryl methyl sites for hydroxylation is 1. The van der Waals surface area contributed by atoms with Gasteiger partial charge >= 0.3 is 5.69 Å². The first kappa shape index (κ1) is 20.2. The fourth-order valence-corrected chi connectivity index (χ4v) is 2.33. The van der Waals surface area contributed by atoms with Crippen LogP contribution in [0, 0.1) is 10.1 Å². The minimum absolute atomic E-state index is 0.0765. The summed E-state index contributed by atoms with van der Waals surface area (Å²) in [7, 11) is 1.47. The van der Waals surface area contributed by atoms with E-state index < -0.39 is 10.5 Å². The molecule has 1 heterocycles. The second-order valence-corrected chi connectivity index (χ2v) is 5.53. The number of hydrogen-bond donors (Lipinski definition) is 1. The van der Waals surface area contributed by atoms with Gasteiger partial charge in [0.15, 0.2) is 0 Å². The van der Waals surface area contributed by atoms with Crippen molar-refractivity contribution in [1.82, 2.24) is 9.78 Å². The SMILES string of the molecule is CCOc1cc(OCC)c([N+](=O)[O-])cc1/C=N\Nc1cnn(C)c(=O)c1Cl. The number of anilines is 1. The van der Waals surface area contributed by atoms with E-state index in [1.807, 2.05) is 0 Å². The summed E-state index contributed by atoms with van der Waals surface area (Å²) < 4.78 is 11.9. The van der Waals surface area contributed by atoms with Crippen LogP contribution in [0.5, 0.6) is 11.5 Å². The van der Waals surface area contributed by atoms with E-state index in [0.29, 0.717) is 17.9 Å². The predicted molar refractivity (Wildman–Crippen MR) is 101 cm³/mol. The van der Waals surface area contributed by atoms with Crippen LogP contribution >= 0.6 is 11.6 Å². The van der Waals surface area contributed by atoms with Crippen LogP contribution < -0.4 is 20.5 Å². The Morgan fingerprint density at radius 2 is 2.00 bits per heavy atom. The zero-order valence-electron chi connectivity index (χ0n) is 14.9. The second kappa shape index (κ2) is 8.99. The Morgan fingerprint density at radius 1 is 1.33 bits per heavy atom. The van der Waals surface area contributed by atoms with Crippen molar-refractivity contribution in [3.8, 4) is 11.5 Å². The zero-order chi connectivity index (χ0) is 20.0. The van der Waals surface area contributed by atoms with Gasteiger partial charge in [-0.1, -0.05) is 11.6 Å². The molecule has 0 radical (unpaired) electrons. The van der Waals surface area contributed by atoms with Gasteiger partial charge in [0, 0.05) is 24.7 Å². The van der Waals surface area contributed by atoms with Crippen molar-refractivity contribution in [2.45, 2.75) is 13.8 Å². The Kier molecular flexibility index (Phi) is 6.72. The molecule has 0 saturated heterocycles. The molecule has 0 aliphatic rings. The number of hydrogen-bond acceptors (Lipinski definition) is 8. The molecule has 0 fully saturated rings. The van der Waals surface area contributed by atoms with Gasteiger partial charge in [-0.2, -0.15) is 10.2 Å². The average molecular weight is 396 g/mol. The molecule has 2 rings (SSSR count). The highest BCUT2D eigenvalue weighted by Gasteiger charge is 2.19. The number of benzene rings is 1. The molecule has 0 atom stereocenters. The van der Waals surface area contributed by atoms with E-state index in [0.717, 1.165) is 4.68 Å². The molecule has 0 unspecified atom stereocenters. The van der Waals surface area contributed by atoms with Crippen LogP contribution in [0.2, 0.25) is 5.02 Å². The van der Waals surface area contributed by atoms with Gasteiger partial charge in [-0.05, 0) is 13.8 Å². The molecule has 11 heteroatoms. The fraction of sp³-hybridized carbons (Fsp3) is 0.312. The Bertz CT molecular complexity index is 928. The summed E-state index contributed by atoms with van der Waals surface area (Å²) in [6.45, 7) is 4.13. The number of hydrazone groups is 1. The first-order chi connectivity index (χ1) is 12.9. The van der Waals surface area contributed by atoms with Gasteiger partial charge in [0.1, 0.15) is 16.5 Å². The maximum absolute atomic E-state index is 11.7. The Hall–Kier alpha value is -3.14. The third-order valence-electron chi connectivity index (χ3n) is 3.35. The lowest BCUT2D eigenvalue weighted by Crippen LogP contribution is -2.20. The van der Waals surface area contributed by atoms with E-state index >= 15 is 0 Å². The molecule has 2 aromatic rings. The predicted octanol–water partition coefficient (Wildman–Crippen LogP) is 2.59.